The Kier molecular flexibility index (Phi) is 13.1. The molecule has 2 aliphatic rings. The van der Waals surface area contributed by atoms with Gasteiger partial charge in [0.25, 0.3) is 0 Å². The molecule has 2 heterocycles. The summed E-state index contributed by atoms with van der Waals surface area (Å²) in [5, 5.41) is 34.5. The number of hydrogen-bond acceptors (Lipinski definition) is 12. The number of ketones is 2. The second-order valence-electron chi connectivity index (χ2n) is 14.4. The fraction of sp³-hybridized carbons (Fsp3) is 0.722. The predicted octanol–water partition coefficient (Wildman–Crippen LogP) is 2.93. The molecule has 0 amide bonds. The van der Waals surface area contributed by atoms with Crippen LogP contribution < -0.4 is 0 Å². The van der Waals surface area contributed by atoms with Crippen LogP contribution in [0.5, 0.6) is 0 Å². The summed E-state index contributed by atoms with van der Waals surface area (Å²) >= 11 is 0. The van der Waals surface area contributed by atoms with Gasteiger partial charge < -0.3 is 39.2 Å². The quantitative estimate of drug-likeness (QED) is 0.298. The lowest BCUT2D eigenvalue weighted by Crippen LogP contribution is -2.60. The van der Waals surface area contributed by atoms with E-state index in [4.69, 9.17) is 18.9 Å². The van der Waals surface area contributed by atoms with Crippen LogP contribution in [0.25, 0.3) is 0 Å². The molecule has 3 rings (SSSR count). The number of benzene rings is 1. The van der Waals surface area contributed by atoms with E-state index in [-0.39, 0.29) is 25.0 Å². The minimum atomic E-state index is -2.00. The molecule has 48 heavy (non-hydrogen) atoms. The van der Waals surface area contributed by atoms with Crippen LogP contribution in [0.2, 0.25) is 0 Å². The van der Waals surface area contributed by atoms with Crippen molar-refractivity contribution < 1.29 is 53.4 Å². The van der Waals surface area contributed by atoms with E-state index in [0.717, 1.165) is 0 Å². The van der Waals surface area contributed by atoms with Gasteiger partial charge in [-0.15, -0.1) is 0 Å². The minimum Gasteiger partial charge on any atom is -0.459 e. The number of likely N-dealkylation sites (N-methyl/N-ethyl adjacent to an activating group) is 1. The molecule has 13 atom stereocenters. The van der Waals surface area contributed by atoms with E-state index in [1.54, 1.807) is 44.2 Å². The zero-order valence-corrected chi connectivity index (χ0v) is 29.9. The van der Waals surface area contributed by atoms with Crippen LogP contribution >= 0.6 is 0 Å². The standard InChI is InChI=1S/C36H55NO11/c1-11-26-36(8,44)30(40)21(4)27(38)19(2)18-35(7,43)31(22(5)28(39)23(6)32(41)46-26)48-34-29(25(37(9)10)17-20(3)45-34)47-33(42)24-15-13-12-14-16-24/h12-16,19-23,25-26,29-31,34,40,43-44H,11,17-18H2,1-10H3/t19-,20-,21+,22+,23-,25+,26-,29-,30-,31-,34+,35-,36-/m1/s1. The third-order valence-corrected chi connectivity index (χ3v) is 10.1. The number of aliphatic hydroxyl groups excluding tert-OH is 1. The number of aliphatic hydroxyl groups is 3. The molecule has 2 aliphatic heterocycles. The Morgan fingerprint density at radius 1 is 0.979 bits per heavy atom. The highest BCUT2D eigenvalue weighted by Gasteiger charge is 2.52. The lowest BCUT2D eigenvalue weighted by atomic mass is 9.74. The largest absolute Gasteiger partial charge is 0.459 e. The van der Waals surface area contributed by atoms with Gasteiger partial charge in [0.15, 0.2) is 18.2 Å². The number of nitrogens with zero attached hydrogens (tertiary/aromatic N) is 1. The molecule has 0 saturated carbocycles. The van der Waals surface area contributed by atoms with Gasteiger partial charge in [0, 0.05) is 17.8 Å². The van der Waals surface area contributed by atoms with Gasteiger partial charge in [-0.25, -0.2) is 4.79 Å². The highest BCUT2D eigenvalue weighted by molar-refractivity contribution is 6.00. The summed E-state index contributed by atoms with van der Waals surface area (Å²) in [5.41, 5.74) is -3.56. The molecule has 0 radical (unpaired) electrons. The third-order valence-electron chi connectivity index (χ3n) is 10.1. The fourth-order valence-electron chi connectivity index (χ4n) is 7.13. The molecule has 2 fully saturated rings. The van der Waals surface area contributed by atoms with Gasteiger partial charge in [0.05, 0.1) is 35.5 Å². The Bertz CT molecular complexity index is 1280. The summed E-state index contributed by atoms with van der Waals surface area (Å²) in [6, 6.07) is 8.09. The van der Waals surface area contributed by atoms with Gasteiger partial charge in [-0.3, -0.25) is 14.4 Å². The smallest absolute Gasteiger partial charge is 0.338 e. The Labute approximate surface area is 284 Å². The highest BCUT2D eigenvalue weighted by atomic mass is 16.7. The normalized spacial score (nSPS) is 40.6. The first-order chi connectivity index (χ1) is 22.2. The Hall–Kier alpha value is -2.74. The summed E-state index contributed by atoms with van der Waals surface area (Å²) < 4.78 is 24.4. The summed E-state index contributed by atoms with van der Waals surface area (Å²) in [6.07, 6.45) is -6.37. The zero-order chi connectivity index (χ0) is 36.3. The number of ether oxygens (including phenoxy) is 4. The molecular formula is C36H55NO11. The molecule has 0 aliphatic carbocycles. The van der Waals surface area contributed by atoms with Gasteiger partial charge in [-0.05, 0) is 73.2 Å². The van der Waals surface area contributed by atoms with Gasteiger partial charge in [-0.2, -0.15) is 0 Å². The first-order valence-corrected chi connectivity index (χ1v) is 16.9. The zero-order valence-electron chi connectivity index (χ0n) is 29.9. The van der Waals surface area contributed by atoms with Gasteiger partial charge in [-0.1, -0.05) is 45.9 Å². The van der Waals surface area contributed by atoms with E-state index in [1.165, 1.54) is 34.6 Å². The Morgan fingerprint density at radius 3 is 2.15 bits per heavy atom. The molecule has 12 nitrogen and oxygen atoms in total. The molecule has 12 heteroatoms. The summed E-state index contributed by atoms with van der Waals surface area (Å²) in [7, 11) is 3.67. The average molecular weight is 678 g/mol. The maximum atomic E-state index is 14.0. The molecule has 2 saturated heterocycles. The SMILES string of the molecule is CC[C@H]1OC(=O)[C@H](C)C(=O)[C@H](C)[C@@H](O[C@@H]2O[C@H](C)C[C@H](N(C)C)[C@H]2OC(=O)c2ccccc2)[C@](C)(O)C[C@@H](C)C(=O)[C@H](C)[C@@H](O)[C@]1(C)O. The van der Waals surface area contributed by atoms with Crippen LogP contribution in [-0.4, -0.2) is 112 Å². The second-order valence-corrected chi connectivity index (χ2v) is 14.4. The van der Waals surface area contributed by atoms with Crippen LogP contribution in [0.1, 0.15) is 85.0 Å². The van der Waals surface area contributed by atoms with E-state index in [1.807, 2.05) is 25.9 Å². The Balaban J connectivity index is 2.08. The predicted molar refractivity (Wildman–Crippen MR) is 176 cm³/mol. The third kappa shape index (κ3) is 8.70. The molecule has 1 aromatic rings. The maximum absolute atomic E-state index is 14.0. The fourth-order valence-corrected chi connectivity index (χ4v) is 7.13. The molecular weight excluding hydrogens is 622 g/mol. The number of esters is 2. The number of carbonyl (C=O) groups excluding carboxylic acids is 4. The van der Waals surface area contributed by atoms with Crippen molar-refractivity contribution in [1.29, 1.82) is 0 Å². The van der Waals surface area contributed by atoms with Crippen LogP contribution in [0, 0.1) is 23.7 Å². The second kappa shape index (κ2) is 15.9. The lowest BCUT2D eigenvalue weighted by Gasteiger charge is -2.46. The van der Waals surface area contributed by atoms with Crippen molar-refractivity contribution in [3.05, 3.63) is 35.9 Å². The molecule has 0 aromatic heterocycles. The number of hydrogen-bond donors (Lipinski definition) is 3. The van der Waals surface area contributed by atoms with Crippen LogP contribution in [0.15, 0.2) is 30.3 Å². The maximum Gasteiger partial charge on any atom is 0.338 e. The lowest BCUT2D eigenvalue weighted by molar-refractivity contribution is -0.292. The average Bonchev–Trinajstić information content (AvgIpc) is 3.03. The van der Waals surface area contributed by atoms with Crippen LogP contribution in [0.4, 0.5) is 0 Å². The molecule has 1 aromatic carbocycles. The van der Waals surface area contributed by atoms with E-state index in [9.17, 15) is 34.5 Å². The molecule has 0 spiro atoms. The molecule has 0 bridgehead atoms. The summed E-state index contributed by atoms with van der Waals surface area (Å²) in [5.74, 6) is -7.03. The van der Waals surface area contributed by atoms with Gasteiger partial charge in [0.1, 0.15) is 23.4 Å². The van der Waals surface area contributed by atoms with Crippen molar-refractivity contribution >= 4 is 23.5 Å². The van der Waals surface area contributed by atoms with Crippen molar-refractivity contribution in [2.75, 3.05) is 14.1 Å². The van der Waals surface area contributed by atoms with Gasteiger partial charge >= 0.3 is 11.9 Å². The number of rotatable bonds is 6. The van der Waals surface area contributed by atoms with Gasteiger partial charge in [0.2, 0.25) is 0 Å². The van der Waals surface area contributed by atoms with Crippen molar-refractivity contribution in [1.82, 2.24) is 4.90 Å². The number of Topliss-reactive ketones (excluding diaryl/α,β-unsaturated/α-hetero) is 2. The van der Waals surface area contributed by atoms with Crippen LogP contribution in [0.3, 0.4) is 0 Å². The van der Waals surface area contributed by atoms with E-state index in [0.29, 0.717) is 12.0 Å². The van der Waals surface area contributed by atoms with E-state index < -0.39 is 89.1 Å². The first kappa shape index (κ1) is 39.7. The first-order valence-electron chi connectivity index (χ1n) is 16.9. The summed E-state index contributed by atoms with van der Waals surface area (Å²) in [4.78, 5) is 56.1. The molecule has 3 N–H and O–H groups in total. The Morgan fingerprint density at radius 2 is 1.58 bits per heavy atom. The number of cyclic esters (lactones) is 1. The topological polar surface area (TPSA) is 169 Å². The molecule has 0 unspecified atom stereocenters. The van der Waals surface area contributed by atoms with Crippen molar-refractivity contribution in [3.63, 3.8) is 0 Å². The van der Waals surface area contributed by atoms with Crippen molar-refractivity contribution in [3.8, 4) is 0 Å². The van der Waals surface area contributed by atoms with E-state index >= 15 is 0 Å². The molecule has 270 valence electrons. The monoisotopic (exact) mass is 677 g/mol. The minimum absolute atomic E-state index is 0.108. The van der Waals surface area contributed by atoms with E-state index in [2.05, 4.69) is 0 Å². The summed E-state index contributed by atoms with van der Waals surface area (Å²) in [6.45, 7) is 12.2. The van der Waals surface area contributed by atoms with Crippen molar-refractivity contribution in [2.45, 2.75) is 129 Å². The van der Waals surface area contributed by atoms with Crippen molar-refractivity contribution in [2.24, 2.45) is 23.7 Å². The van der Waals surface area contributed by atoms with Crippen LogP contribution in [-0.2, 0) is 33.3 Å². The highest BCUT2D eigenvalue weighted by Crippen LogP contribution is 2.37. The number of carbonyl (C=O) groups is 4.